The topological polar surface area (TPSA) is 39.9 Å². The van der Waals surface area contributed by atoms with Crippen molar-refractivity contribution in [2.24, 2.45) is 5.92 Å². The van der Waals surface area contributed by atoms with Crippen LogP contribution in [0.2, 0.25) is 0 Å². The first-order chi connectivity index (χ1) is 15.2. The predicted molar refractivity (Wildman–Crippen MR) is 126 cm³/mol. The van der Waals surface area contributed by atoms with Crippen LogP contribution in [0.5, 0.6) is 0 Å². The Hall–Kier alpha value is -1.96. The molecule has 3 aromatic rings. The van der Waals surface area contributed by atoms with Crippen molar-refractivity contribution in [2.75, 3.05) is 44.2 Å². The number of aryl methyl sites for hydroxylation is 1. The van der Waals surface area contributed by atoms with Crippen LogP contribution in [0.15, 0.2) is 29.9 Å². The number of rotatable bonds is 6. The second-order valence-electron chi connectivity index (χ2n) is 9.52. The maximum absolute atomic E-state index is 5.15. The number of nitrogens with zero attached hydrogens (tertiary/aromatic N) is 6. The number of aromatic nitrogens is 3. The Morgan fingerprint density at radius 3 is 2.74 bits per heavy atom. The number of hydrogen-bond acceptors (Lipinski definition) is 6. The van der Waals surface area contributed by atoms with E-state index in [0.717, 1.165) is 50.8 Å². The molecule has 1 atom stereocenters. The summed E-state index contributed by atoms with van der Waals surface area (Å²) in [5.41, 5.74) is 5.48. The van der Waals surface area contributed by atoms with Gasteiger partial charge in [0.1, 0.15) is 11.5 Å². The van der Waals surface area contributed by atoms with E-state index in [4.69, 9.17) is 4.98 Å². The number of anilines is 1. The van der Waals surface area contributed by atoms with Gasteiger partial charge in [0.25, 0.3) is 0 Å². The van der Waals surface area contributed by atoms with Crippen molar-refractivity contribution in [1.82, 2.24) is 24.2 Å². The highest BCUT2D eigenvalue weighted by Crippen LogP contribution is 2.35. The summed E-state index contributed by atoms with van der Waals surface area (Å²) in [5.74, 6) is 2.20. The minimum absolute atomic E-state index is 0.369. The van der Waals surface area contributed by atoms with Gasteiger partial charge in [-0.3, -0.25) is 14.2 Å². The Kier molecular flexibility index (Phi) is 5.20. The second-order valence-corrected chi connectivity index (χ2v) is 10.5. The standard InChI is InChI=1S/C24H32N6S/c1-18-22(31-17-25-18)16-27-11-12-29(13-19-7-8-19)21(15-27)20-14-30-23(26-20)5-4-6-24(30)28-9-2-3-10-28/h4-6,14,17,19,21H,2-3,7-13,15-16H2,1H3/t21-/m1/s1. The van der Waals surface area contributed by atoms with Gasteiger partial charge in [-0.25, -0.2) is 9.97 Å². The van der Waals surface area contributed by atoms with Crippen molar-refractivity contribution in [3.05, 3.63) is 46.2 Å². The highest BCUT2D eigenvalue weighted by molar-refractivity contribution is 7.09. The van der Waals surface area contributed by atoms with Gasteiger partial charge in [-0.2, -0.15) is 0 Å². The maximum atomic E-state index is 5.15. The van der Waals surface area contributed by atoms with Crippen LogP contribution in [0.3, 0.4) is 0 Å². The average Bonchev–Trinajstić information content (AvgIpc) is 3.16. The number of fused-ring (bicyclic) bond motifs is 1. The summed E-state index contributed by atoms with van der Waals surface area (Å²) in [4.78, 5) is 18.9. The van der Waals surface area contributed by atoms with Crippen LogP contribution >= 0.6 is 11.3 Å². The van der Waals surface area contributed by atoms with E-state index in [1.807, 2.05) is 5.51 Å². The van der Waals surface area contributed by atoms with Crippen LogP contribution in [0.4, 0.5) is 5.82 Å². The molecule has 7 heteroatoms. The van der Waals surface area contributed by atoms with E-state index in [0.29, 0.717) is 6.04 Å². The number of imidazole rings is 1. The molecule has 2 aliphatic heterocycles. The van der Waals surface area contributed by atoms with Crippen LogP contribution < -0.4 is 4.90 Å². The zero-order valence-electron chi connectivity index (χ0n) is 18.4. The largest absolute Gasteiger partial charge is 0.358 e. The summed E-state index contributed by atoms with van der Waals surface area (Å²) in [7, 11) is 0. The minimum Gasteiger partial charge on any atom is -0.358 e. The third-order valence-corrected chi connectivity index (χ3v) is 8.16. The Labute approximate surface area is 188 Å². The van der Waals surface area contributed by atoms with Crippen LogP contribution in [0, 0.1) is 12.8 Å². The lowest BCUT2D eigenvalue weighted by atomic mass is 10.1. The fourth-order valence-corrected chi connectivity index (χ4v) is 6.03. The van der Waals surface area contributed by atoms with Crippen molar-refractivity contribution in [2.45, 2.75) is 45.2 Å². The van der Waals surface area contributed by atoms with E-state index >= 15 is 0 Å². The molecule has 1 saturated carbocycles. The molecule has 2 saturated heterocycles. The first kappa shape index (κ1) is 19.7. The molecule has 0 spiro atoms. The summed E-state index contributed by atoms with van der Waals surface area (Å²) in [5, 5.41) is 0. The van der Waals surface area contributed by atoms with Crippen molar-refractivity contribution in [3.8, 4) is 0 Å². The molecule has 3 fully saturated rings. The van der Waals surface area contributed by atoms with Gasteiger partial charge in [0.2, 0.25) is 0 Å². The lowest BCUT2D eigenvalue weighted by molar-refractivity contribution is 0.0644. The van der Waals surface area contributed by atoms with Crippen LogP contribution in [0.1, 0.15) is 48.0 Å². The fourth-order valence-electron chi connectivity index (χ4n) is 5.21. The average molecular weight is 437 g/mol. The Bertz CT molecular complexity index is 1050. The summed E-state index contributed by atoms with van der Waals surface area (Å²) in [6.45, 7) is 10.00. The summed E-state index contributed by atoms with van der Waals surface area (Å²) >= 11 is 1.79. The summed E-state index contributed by atoms with van der Waals surface area (Å²) in [6, 6.07) is 6.96. The van der Waals surface area contributed by atoms with E-state index in [1.54, 1.807) is 11.3 Å². The van der Waals surface area contributed by atoms with E-state index in [2.05, 4.69) is 55.4 Å². The minimum atomic E-state index is 0.369. The van der Waals surface area contributed by atoms with E-state index in [1.165, 1.54) is 54.3 Å². The highest BCUT2D eigenvalue weighted by Gasteiger charge is 2.34. The van der Waals surface area contributed by atoms with Crippen LogP contribution in [-0.4, -0.2) is 63.4 Å². The van der Waals surface area contributed by atoms with Gasteiger partial charge in [0, 0.05) is 56.9 Å². The molecule has 0 bridgehead atoms. The smallest absolute Gasteiger partial charge is 0.138 e. The molecule has 6 nitrogen and oxygen atoms in total. The molecule has 31 heavy (non-hydrogen) atoms. The molecule has 3 aromatic heterocycles. The molecule has 6 rings (SSSR count). The van der Waals surface area contributed by atoms with Crippen LogP contribution in [0.25, 0.3) is 5.65 Å². The van der Waals surface area contributed by atoms with Gasteiger partial charge >= 0.3 is 0 Å². The molecule has 0 unspecified atom stereocenters. The second kappa shape index (κ2) is 8.19. The van der Waals surface area contributed by atoms with E-state index in [9.17, 15) is 0 Å². The normalized spacial score (nSPS) is 23.3. The first-order valence-corrected chi connectivity index (χ1v) is 12.7. The third-order valence-electron chi connectivity index (χ3n) is 7.24. The molecule has 0 aromatic carbocycles. The zero-order chi connectivity index (χ0) is 20.8. The van der Waals surface area contributed by atoms with Crippen LogP contribution in [-0.2, 0) is 6.54 Å². The maximum Gasteiger partial charge on any atom is 0.138 e. The molecule has 0 radical (unpaired) electrons. The van der Waals surface area contributed by atoms with E-state index < -0.39 is 0 Å². The zero-order valence-corrected chi connectivity index (χ0v) is 19.2. The van der Waals surface area contributed by atoms with Gasteiger partial charge in [-0.05, 0) is 50.7 Å². The van der Waals surface area contributed by atoms with Crippen molar-refractivity contribution in [1.29, 1.82) is 0 Å². The first-order valence-electron chi connectivity index (χ1n) is 11.8. The Morgan fingerprint density at radius 1 is 1.10 bits per heavy atom. The Balaban J connectivity index is 1.30. The number of piperazine rings is 1. The SMILES string of the molecule is Cc1ncsc1CN1CCN(CC2CC2)[C@@H](c2cn3c(N4CCCC4)cccc3n2)C1. The summed E-state index contributed by atoms with van der Waals surface area (Å²) in [6.07, 6.45) is 7.72. The van der Waals surface area contributed by atoms with Gasteiger partial charge in [0.05, 0.1) is 22.9 Å². The molecular formula is C24H32N6S. The molecule has 164 valence electrons. The predicted octanol–water partition coefficient (Wildman–Crippen LogP) is 3.97. The molecule has 5 heterocycles. The molecule has 3 aliphatic rings. The Morgan fingerprint density at radius 2 is 1.97 bits per heavy atom. The fraction of sp³-hybridized carbons (Fsp3) is 0.583. The summed E-state index contributed by atoms with van der Waals surface area (Å²) < 4.78 is 2.34. The number of thiazole rings is 1. The van der Waals surface area contributed by atoms with Gasteiger partial charge in [-0.15, -0.1) is 11.3 Å². The van der Waals surface area contributed by atoms with Gasteiger partial charge < -0.3 is 4.90 Å². The van der Waals surface area contributed by atoms with Gasteiger partial charge in [-0.1, -0.05) is 6.07 Å². The van der Waals surface area contributed by atoms with Crippen molar-refractivity contribution < 1.29 is 0 Å². The quantitative estimate of drug-likeness (QED) is 0.585. The third kappa shape index (κ3) is 3.99. The van der Waals surface area contributed by atoms with E-state index in [-0.39, 0.29) is 0 Å². The molecule has 0 N–H and O–H groups in total. The lowest BCUT2D eigenvalue weighted by Gasteiger charge is -2.40. The molecular weight excluding hydrogens is 404 g/mol. The number of hydrogen-bond donors (Lipinski definition) is 0. The highest BCUT2D eigenvalue weighted by atomic mass is 32.1. The van der Waals surface area contributed by atoms with Crippen molar-refractivity contribution >= 4 is 22.8 Å². The molecule has 0 amide bonds. The van der Waals surface area contributed by atoms with Gasteiger partial charge in [0.15, 0.2) is 0 Å². The lowest BCUT2D eigenvalue weighted by Crippen LogP contribution is -2.48. The monoisotopic (exact) mass is 436 g/mol. The van der Waals surface area contributed by atoms with Crippen molar-refractivity contribution in [3.63, 3.8) is 0 Å². The molecule has 1 aliphatic carbocycles. The number of pyridine rings is 1.